The molecule has 1 heterocycles. The van der Waals surface area contributed by atoms with Crippen molar-refractivity contribution in [1.29, 1.82) is 0 Å². The lowest BCUT2D eigenvalue weighted by Gasteiger charge is -2.08. The van der Waals surface area contributed by atoms with Gasteiger partial charge in [-0.05, 0) is 55.7 Å². The normalized spacial score (nSPS) is 10.8. The van der Waals surface area contributed by atoms with E-state index in [0.717, 1.165) is 34.4 Å². The SMILES string of the molecule is CCCCc1ccc(NC(=O)Nc2ccc3c(C)n(C)nc3c2)cc1. The first-order chi connectivity index (χ1) is 12.1. The van der Waals surface area contributed by atoms with Gasteiger partial charge in [-0.15, -0.1) is 0 Å². The Labute approximate surface area is 148 Å². The van der Waals surface area contributed by atoms with Crippen molar-refractivity contribution in [1.82, 2.24) is 9.78 Å². The Morgan fingerprint density at radius 3 is 2.48 bits per heavy atom. The molecule has 2 aromatic carbocycles. The Hall–Kier alpha value is -2.82. The van der Waals surface area contributed by atoms with Crippen LogP contribution in [0.1, 0.15) is 31.0 Å². The van der Waals surface area contributed by atoms with Gasteiger partial charge >= 0.3 is 6.03 Å². The second kappa shape index (κ2) is 7.38. The van der Waals surface area contributed by atoms with Crippen LogP contribution in [0, 0.1) is 6.92 Å². The number of rotatable bonds is 5. The maximum atomic E-state index is 12.2. The second-order valence-corrected chi connectivity index (χ2v) is 6.32. The minimum atomic E-state index is -0.256. The summed E-state index contributed by atoms with van der Waals surface area (Å²) < 4.78 is 1.84. The van der Waals surface area contributed by atoms with Gasteiger partial charge in [0.2, 0.25) is 0 Å². The van der Waals surface area contributed by atoms with Crippen LogP contribution in [0.4, 0.5) is 16.2 Å². The van der Waals surface area contributed by atoms with Gasteiger partial charge in [-0.3, -0.25) is 4.68 Å². The largest absolute Gasteiger partial charge is 0.323 e. The van der Waals surface area contributed by atoms with Crippen molar-refractivity contribution in [3.63, 3.8) is 0 Å². The Morgan fingerprint density at radius 1 is 1.08 bits per heavy atom. The molecule has 5 heteroatoms. The predicted molar refractivity (Wildman–Crippen MR) is 103 cm³/mol. The summed E-state index contributed by atoms with van der Waals surface area (Å²) in [6.45, 7) is 4.21. The van der Waals surface area contributed by atoms with E-state index in [-0.39, 0.29) is 6.03 Å². The Kier molecular flexibility index (Phi) is 5.03. The molecule has 3 aromatic rings. The average molecular weight is 336 g/mol. The first-order valence-electron chi connectivity index (χ1n) is 8.67. The van der Waals surface area contributed by atoms with Crippen molar-refractivity contribution < 1.29 is 4.79 Å². The molecule has 1 aromatic heterocycles. The quantitative estimate of drug-likeness (QED) is 0.698. The molecule has 3 rings (SSSR count). The van der Waals surface area contributed by atoms with E-state index in [1.54, 1.807) is 0 Å². The van der Waals surface area contributed by atoms with Crippen LogP contribution < -0.4 is 10.6 Å². The van der Waals surface area contributed by atoms with Crippen LogP contribution in [0.3, 0.4) is 0 Å². The van der Waals surface area contributed by atoms with Gasteiger partial charge in [0.05, 0.1) is 5.52 Å². The Bertz CT molecular complexity index is 881. The molecule has 0 bridgehead atoms. The molecule has 0 unspecified atom stereocenters. The number of carbonyl (C=O) groups excluding carboxylic acids is 1. The number of nitrogens with one attached hydrogen (secondary N) is 2. The van der Waals surface area contributed by atoms with E-state index in [0.29, 0.717) is 0 Å². The van der Waals surface area contributed by atoms with Crippen LogP contribution in [0.5, 0.6) is 0 Å². The van der Waals surface area contributed by atoms with Gasteiger partial charge in [0, 0.05) is 29.5 Å². The van der Waals surface area contributed by atoms with Crippen molar-refractivity contribution in [2.45, 2.75) is 33.1 Å². The fraction of sp³-hybridized carbons (Fsp3) is 0.300. The average Bonchev–Trinajstić information content (AvgIpc) is 2.88. The lowest BCUT2D eigenvalue weighted by Crippen LogP contribution is -2.19. The smallest absolute Gasteiger partial charge is 0.308 e. The van der Waals surface area contributed by atoms with Crippen LogP contribution in [0.15, 0.2) is 42.5 Å². The lowest BCUT2D eigenvalue weighted by atomic mass is 10.1. The molecule has 0 atom stereocenters. The highest BCUT2D eigenvalue weighted by atomic mass is 16.2. The number of nitrogens with zero attached hydrogens (tertiary/aromatic N) is 2. The summed E-state index contributed by atoms with van der Waals surface area (Å²) in [7, 11) is 1.92. The second-order valence-electron chi connectivity index (χ2n) is 6.32. The van der Waals surface area contributed by atoms with E-state index in [1.165, 1.54) is 18.4 Å². The molecule has 0 spiro atoms. The number of hydrogen-bond acceptors (Lipinski definition) is 2. The molecule has 5 nitrogen and oxygen atoms in total. The standard InChI is InChI=1S/C20H24N4O/c1-4-5-6-15-7-9-16(10-8-15)21-20(25)22-17-11-12-18-14(2)24(3)23-19(18)13-17/h7-13H,4-6H2,1-3H3,(H2,21,22,25). The van der Waals surface area contributed by atoms with Crippen LogP contribution in [-0.2, 0) is 13.5 Å². The zero-order valence-corrected chi connectivity index (χ0v) is 15.0. The van der Waals surface area contributed by atoms with Gasteiger partial charge in [0.1, 0.15) is 0 Å². The predicted octanol–water partition coefficient (Wildman–Crippen LogP) is 4.87. The summed E-state index contributed by atoms with van der Waals surface area (Å²) in [6, 6.07) is 13.5. The summed E-state index contributed by atoms with van der Waals surface area (Å²) in [5, 5.41) is 11.3. The molecule has 0 fully saturated rings. The van der Waals surface area contributed by atoms with E-state index < -0.39 is 0 Å². The van der Waals surface area contributed by atoms with Crippen molar-refractivity contribution in [3.05, 3.63) is 53.7 Å². The van der Waals surface area contributed by atoms with E-state index in [9.17, 15) is 4.79 Å². The van der Waals surface area contributed by atoms with Crippen LogP contribution in [0.25, 0.3) is 10.9 Å². The van der Waals surface area contributed by atoms with Gasteiger partial charge in [-0.2, -0.15) is 5.10 Å². The van der Waals surface area contributed by atoms with E-state index in [4.69, 9.17) is 0 Å². The molecule has 0 saturated carbocycles. The topological polar surface area (TPSA) is 59.0 Å². The molecule has 2 amide bonds. The number of amides is 2. The lowest BCUT2D eigenvalue weighted by molar-refractivity contribution is 0.262. The molecular weight excluding hydrogens is 312 g/mol. The highest BCUT2D eigenvalue weighted by Crippen LogP contribution is 2.21. The number of anilines is 2. The Morgan fingerprint density at radius 2 is 1.76 bits per heavy atom. The van der Waals surface area contributed by atoms with Crippen LogP contribution in [-0.4, -0.2) is 15.8 Å². The highest BCUT2D eigenvalue weighted by Gasteiger charge is 2.07. The van der Waals surface area contributed by atoms with E-state index >= 15 is 0 Å². The first kappa shape index (κ1) is 17.0. The molecule has 0 aliphatic carbocycles. The Balaban J connectivity index is 1.64. The first-order valence-corrected chi connectivity index (χ1v) is 8.67. The third-order valence-electron chi connectivity index (χ3n) is 4.42. The van der Waals surface area contributed by atoms with Gasteiger partial charge in [0.25, 0.3) is 0 Å². The number of carbonyl (C=O) groups is 1. The fourth-order valence-corrected chi connectivity index (χ4v) is 2.84. The summed E-state index contributed by atoms with van der Waals surface area (Å²) in [4.78, 5) is 12.2. The number of benzene rings is 2. The van der Waals surface area contributed by atoms with Crippen LogP contribution >= 0.6 is 0 Å². The molecule has 2 N–H and O–H groups in total. The molecule has 0 saturated heterocycles. The molecule has 0 aliphatic heterocycles. The van der Waals surface area contributed by atoms with Gasteiger partial charge in [-0.1, -0.05) is 25.5 Å². The number of unbranched alkanes of at least 4 members (excludes halogenated alkanes) is 1. The van der Waals surface area contributed by atoms with E-state index in [2.05, 4.69) is 34.8 Å². The maximum Gasteiger partial charge on any atom is 0.323 e. The zero-order valence-electron chi connectivity index (χ0n) is 15.0. The summed E-state index contributed by atoms with van der Waals surface area (Å²) in [6.07, 6.45) is 3.44. The van der Waals surface area contributed by atoms with Gasteiger partial charge in [0.15, 0.2) is 0 Å². The molecule has 25 heavy (non-hydrogen) atoms. The minimum absolute atomic E-state index is 0.256. The maximum absolute atomic E-state index is 12.2. The molecule has 130 valence electrons. The van der Waals surface area contributed by atoms with Crippen molar-refractivity contribution in [2.24, 2.45) is 7.05 Å². The zero-order chi connectivity index (χ0) is 17.8. The minimum Gasteiger partial charge on any atom is -0.308 e. The third kappa shape index (κ3) is 3.99. The monoisotopic (exact) mass is 336 g/mol. The van der Waals surface area contributed by atoms with Crippen molar-refractivity contribution in [3.8, 4) is 0 Å². The highest BCUT2D eigenvalue weighted by molar-refractivity contribution is 6.01. The number of fused-ring (bicyclic) bond motifs is 1. The number of urea groups is 1. The summed E-state index contributed by atoms with van der Waals surface area (Å²) >= 11 is 0. The van der Waals surface area contributed by atoms with Gasteiger partial charge in [-0.25, -0.2) is 4.79 Å². The fourth-order valence-electron chi connectivity index (χ4n) is 2.84. The number of aromatic nitrogens is 2. The number of hydrogen-bond donors (Lipinski definition) is 2. The van der Waals surface area contributed by atoms with Gasteiger partial charge < -0.3 is 10.6 Å². The van der Waals surface area contributed by atoms with E-state index in [1.807, 2.05) is 49.0 Å². The summed E-state index contributed by atoms with van der Waals surface area (Å²) in [5.74, 6) is 0. The molecule has 0 radical (unpaired) electrons. The van der Waals surface area contributed by atoms with Crippen LogP contribution in [0.2, 0.25) is 0 Å². The third-order valence-corrected chi connectivity index (χ3v) is 4.42. The summed E-state index contributed by atoms with van der Waals surface area (Å²) in [5.41, 5.74) is 4.78. The van der Waals surface area contributed by atoms with Crippen molar-refractivity contribution >= 4 is 28.3 Å². The van der Waals surface area contributed by atoms with Crippen molar-refractivity contribution in [2.75, 3.05) is 10.6 Å². The molecular formula is C20H24N4O. The molecule has 0 aliphatic rings. The number of aryl methyl sites for hydroxylation is 3.